The maximum absolute atomic E-state index is 5.70. The van der Waals surface area contributed by atoms with Crippen molar-refractivity contribution in [3.05, 3.63) is 65.5 Å². The van der Waals surface area contributed by atoms with Gasteiger partial charge in [-0.25, -0.2) is 0 Å². The van der Waals surface area contributed by atoms with Crippen LogP contribution in [-0.2, 0) is 13.0 Å². The second-order valence-electron chi connectivity index (χ2n) is 6.97. The topological polar surface area (TPSA) is 54.2 Å². The van der Waals surface area contributed by atoms with Gasteiger partial charge < -0.3 is 11.1 Å². The Hall–Kier alpha value is -1.75. The molecule has 2 aromatic rings. The van der Waals surface area contributed by atoms with Gasteiger partial charge in [-0.05, 0) is 62.5 Å². The van der Waals surface area contributed by atoms with Gasteiger partial charge in [0.1, 0.15) is 0 Å². The summed E-state index contributed by atoms with van der Waals surface area (Å²) in [5.41, 5.74) is 9.76. The summed E-state index contributed by atoms with van der Waals surface area (Å²) in [6.07, 6.45) is 5.20. The molecule has 0 bridgehead atoms. The molecule has 1 aromatic carbocycles. The van der Waals surface area contributed by atoms with E-state index in [1.807, 2.05) is 12.3 Å². The van der Waals surface area contributed by atoms with Gasteiger partial charge in [-0.15, -0.1) is 0 Å². The number of rotatable bonds is 8. The first-order valence-corrected chi connectivity index (χ1v) is 9.43. The van der Waals surface area contributed by atoms with E-state index in [1.54, 1.807) is 0 Å². The highest BCUT2D eigenvalue weighted by atomic mass is 15.2. The van der Waals surface area contributed by atoms with Crippen LogP contribution in [0, 0.1) is 0 Å². The molecule has 1 aliphatic rings. The summed E-state index contributed by atoms with van der Waals surface area (Å²) in [6, 6.07) is 15.8. The van der Waals surface area contributed by atoms with Gasteiger partial charge in [-0.3, -0.25) is 9.88 Å². The third-order valence-corrected chi connectivity index (χ3v) is 5.18. The normalized spacial score (nSPS) is 18.1. The van der Waals surface area contributed by atoms with E-state index >= 15 is 0 Å². The van der Waals surface area contributed by atoms with Crippen molar-refractivity contribution in [2.45, 2.75) is 44.8 Å². The largest absolute Gasteiger partial charge is 0.330 e. The number of pyridine rings is 1. The summed E-state index contributed by atoms with van der Waals surface area (Å²) in [4.78, 5) is 7.13. The van der Waals surface area contributed by atoms with E-state index in [1.165, 1.54) is 11.1 Å². The van der Waals surface area contributed by atoms with Gasteiger partial charge in [0.15, 0.2) is 0 Å². The number of hydrogen-bond donors (Lipinski definition) is 2. The van der Waals surface area contributed by atoms with Crippen LogP contribution in [0.5, 0.6) is 0 Å². The zero-order valence-corrected chi connectivity index (χ0v) is 15.2. The number of benzene rings is 1. The fourth-order valence-electron chi connectivity index (χ4n) is 3.65. The van der Waals surface area contributed by atoms with Crippen molar-refractivity contribution in [2.75, 3.05) is 19.6 Å². The summed E-state index contributed by atoms with van der Waals surface area (Å²) < 4.78 is 0. The van der Waals surface area contributed by atoms with Gasteiger partial charge in [-0.2, -0.15) is 0 Å². The maximum Gasteiger partial charge on any atom is 0.0572 e. The van der Waals surface area contributed by atoms with Crippen molar-refractivity contribution < 1.29 is 0 Å². The third-order valence-electron chi connectivity index (χ3n) is 5.18. The van der Waals surface area contributed by atoms with E-state index in [2.05, 4.69) is 58.5 Å². The predicted octanol–water partition coefficient (Wildman–Crippen LogP) is 2.90. The SMILES string of the molecule is C[C@@H](c1ccccn1)N(CCCCN)C[C@H]1Cc2ccccc2CN1. The molecule has 0 aliphatic carbocycles. The zero-order valence-electron chi connectivity index (χ0n) is 15.2. The molecule has 0 fully saturated rings. The summed E-state index contributed by atoms with van der Waals surface area (Å²) in [5, 5.41) is 3.72. The van der Waals surface area contributed by atoms with Crippen LogP contribution < -0.4 is 11.1 Å². The minimum absolute atomic E-state index is 0.318. The Bertz CT molecular complexity index is 643. The molecule has 2 heterocycles. The van der Waals surface area contributed by atoms with Gasteiger partial charge in [0.25, 0.3) is 0 Å². The number of nitrogens with one attached hydrogen (secondary N) is 1. The molecule has 0 unspecified atom stereocenters. The molecule has 3 rings (SSSR count). The van der Waals surface area contributed by atoms with Crippen molar-refractivity contribution in [1.29, 1.82) is 0 Å². The van der Waals surface area contributed by atoms with E-state index in [0.29, 0.717) is 12.1 Å². The van der Waals surface area contributed by atoms with Gasteiger partial charge in [0.2, 0.25) is 0 Å². The molecule has 0 saturated heterocycles. The second-order valence-corrected chi connectivity index (χ2v) is 6.97. The number of nitrogens with two attached hydrogens (primary N) is 1. The van der Waals surface area contributed by atoms with E-state index in [4.69, 9.17) is 5.73 Å². The molecule has 0 amide bonds. The van der Waals surface area contributed by atoms with Crippen LogP contribution in [0.25, 0.3) is 0 Å². The van der Waals surface area contributed by atoms with Crippen LogP contribution in [0.3, 0.4) is 0 Å². The smallest absolute Gasteiger partial charge is 0.0572 e. The number of hydrogen-bond acceptors (Lipinski definition) is 4. The lowest BCUT2D eigenvalue weighted by atomic mass is 9.95. The molecule has 25 heavy (non-hydrogen) atoms. The first-order chi connectivity index (χ1) is 12.3. The molecular formula is C21H30N4. The maximum atomic E-state index is 5.70. The fourth-order valence-corrected chi connectivity index (χ4v) is 3.65. The van der Waals surface area contributed by atoms with E-state index in [-0.39, 0.29) is 0 Å². The molecule has 4 heteroatoms. The molecule has 4 nitrogen and oxygen atoms in total. The highest BCUT2D eigenvalue weighted by Gasteiger charge is 2.23. The number of fused-ring (bicyclic) bond motifs is 1. The Kier molecular flexibility index (Phi) is 6.56. The Morgan fingerprint density at radius 3 is 2.72 bits per heavy atom. The van der Waals surface area contributed by atoms with Gasteiger partial charge >= 0.3 is 0 Å². The van der Waals surface area contributed by atoms with Crippen molar-refractivity contribution >= 4 is 0 Å². The minimum atomic E-state index is 0.318. The first kappa shape index (κ1) is 18.1. The first-order valence-electron chi connectivity index (χ1n) is 9.43. The van der Waals surface area contributed by atoms with Crippen LogP contribution in [0.2, 0.25) is 0 Å². The molecule has 3 N–H and O–H groups in total. The Morgan fingerprint density at radius 2 is 1.96 bits per heavy atom. The fraction of sp³-hybridized carbons (Fsp3) is 0.476. The van der Waals surface area contributed by atoms with Crippen molar-refractivity contribution in [2.24, 2.45) is 5.73 Å². The van der Waals surface area contributed by atoms with E-state index in [0.717, 1.165) is 51.1 Å². The summed E-state index contributed by atoms with van der Waals surface area (Å²) in [7, 11) is 0. The Labute approximate surface area is 151 Å². The molecule has 0 radical (unpaired) electrons. The lowest BCUT2D eigenvalue weighted by Crippen LogP contribution is -2.45. The van der Waals surface area contributed by atoms with Crippen LogP contribution in [-0.4, -0.2) is 35.6 Å². The standard InChI is InChI=1S/C21H30N4/c1-17(21-10-4-6-12-23-21)25(13-7-5-11-22)16-20-14-18-8-2-3-9-19(18)15-24-20/h2-4,6,8-10,12,17,20,24H,5,7,11,13-16,22H2,1H3/t17-,20+/m0/s1. The van der Waals surface area contributed by atoms with Crippen LogP contribution in [0.15, 0.2) is 48.7 Å². The highest BCUT2D eigenvalue weighted by Crippen LogP contribution is 2.22. The van der Waals surface area contributed by atoms with E-state index in [9.17, 15) is 0 Å². The van der Waals surface area contributed by atoms with Gasteiger partial charge in [-0.1, -0.05) is 30.3 Å². The Balaban J connectivity index is 1.67. The van der Waals surface area contributed by atoms with Crippen molar-refractivity contribution in [3.8, 4) is 0 Å². The average Bonchev–Trinajstić information content (AvgIpc) is 2.67. The highest BCUT2D eigenvalue weighted by molar-refractivity contribution is 5.30. The third kappa shape index (κ3) is 4.88. The number of nitrogens with zero attached hydrogens (tertiary/aromatic N) is 2. The second kappa shape index (κ2) is 9.09. The monoisotopic (exact) mass is 338 g/mol. The number of unbranched alkanes of at least 4 members (excludes halogenated alkanes) is 1. The van der Waals surface area contributed by atoms with E-state index < -0.39 is 0 Å². The molecule has 0 saturated carbocycles. The molecular weight excluding hydrogens is 308 g/mol. The van der Waals surface area contributed by atoms with Crippen LogP contribution in [0.4, 0.5) is 0 Å². The van der Waals surface area contributed by atoms with Gasteiger partial charge in [0.05, 0.1) is 5.69 Å². The van der Waals surface area contributed by atoms with Crippen molar-refractivity contribution in [3.63, 3.8) is 0 Å². The van der Waals surface area contributed by atoms with Crippen LogP contribution >= 0.6 is 0 Å². The summed E-state index contributed by atoms with van der Waals surface area (Å²) in [5.74, 6) is 0. The Morgan fingerprint density at radius 1 is 1.16 bits per heavy atom. The van der Waals surface area contributed by atoms with Crippen LogP contribution in [0.1, 0.15) is 42.6 Å². The molecule has 0 spiro atoms. The van der Waals surface area contributed by atoms with Crippen molar-refractivity contribution in [1.82, 2.24) is 15.2 Å². The lowest BCUT2D eigenvalue weighted by molar-refractivity contribution is 0.177. The lowest BCUT2D eigenvalue weighted by Gasteiger charge is -2.35. The summed E-state index contributed by atoms with van der Waals surface area (Å²) in [6.45, 7) is 6.10. The quantitative estimate of drug-likeness (QED) is 0.727. The predicted molar refractivity (Wildman–Crippen MR) is 103 cm³/mol. The minimum Gasteiger partial charge on any atom is -0.330 e. The molecule has 1 aliphatic heterocycles. The van der Waals surface area contributed by atoms with Gasteiger partial charge in [0, 0.05) is 31.4 Å². The zero-order chi connectivity index (χ0) is 17.5. The molecule has 1 aromatic heterocycles. The molecule has 2 atom stereocenters. The summed E-state index contributed by atoms with van der Waals surface area (Å²) >= 11 is 0. The average molecular weight is 338 g/mol. The number of aromatic nitrogens is 1. The molecule has 134 valence electrons.